The smallest absolute Gasteiger partial charge is 0.252 e. The topological polar surface area (TPSA) is 194 Å². The molecule has 54 heavy (non-hydrogen) atoms. The summed E-state index contributed by atoms with van der Waals surface area (Å²) >= 11 is 0. The number of rotatable bonds is 17. The molecule has 1 saturated heterocycles. The Morgan fingerprint density at radius 2 is 1.85 bits per heavy atom. The predicted molar refractivity (Wildman–Crippen MR) is 206 cm³/mol. The molecule has 2 aliphatic heterocycles. The minimum absolute atomic E-state index is 0.0708. The van der Waals surface area contributed by atoms with Gasteiger partial charge < -0.3 is 31.4 Å². The van der Waals surface area contributed by atoms with Gasteiger partial charge in [0.25, 0.3) is 5.91 Å². The van der Waals surface area contributed by atoms with Gasteiger partial charge in [0.2, 0.25) is 11.8 Å². The maximum atomic E-state index is 13.0. The first-order valence-corrected chi connectivity index (χ1v) is 18.7. The monoisotopic (exact) mass is 733 g/mol. The van der Waals surface area contributed by atoms with Gasteiger partial charge in [-0.3, -0.25) is 28.8 Å². The summed E-state index contributed by atoms with van der Waals surface area (Å²) in [6.45, 7) is 3.88. The maximum Gasteiger partial charge on any atom is 0.252 e. The average molecular weight is 734 g/mol. The highest BCUT2D eigenvalue weighted by Gasteiger charge is 2.25. The molecule has 3 amide bonds. The maximum absolute atomic E-state index is 13.0. The molecule has 1 atom stereocenters. The number of piperidine rings is 1. The minimum atomic E-state index is -1.01. The fourth-order valence-corrected chi connectivity index (χ4v) is 6.99. The molecule has 5 N–H and O–H groups in total. The quantitative estimate of drug-likeness (QED) is 0.0908. The normalized spacial score (nSPS) is 15.3. The van der Waals surface area contributed by atoms with E-state index in [1.54, 1.807) is 18.3 Å². The summed E-state index contributed by atoms with van der Waals surface area (Å²) in [6, 6.07) is 10.3. The third kappa shape index (κ3) is 9.61. The van der Waals surface area contributed by atoms with Crippen LogP contribution >= 0.6 is 0 Å². The minimum Gasteiger partial charge on any atom is -0.385 e. The van der Waals surface area contributed by atoms with Crippen molar-refractivity contribution < 1.29 is 24.0 Å². The Bertz CT molecular complexity index is 2020. The van der Waals surface area contributed by atoms with E-state index in [0.29, 0.717) is 44.3 Å². The lowest BCUT2D eigenvalue weighted by Crippen LogP contribution is -2.44. The van der Waals surface area contributed by atoms with Gasteiger partial charge in [-0.05, 0) is 86.5 Å². The summed E-state index contributed by atoms with van der Waals surface area (Å²) in [5, 5.41) is 13.8. The summed E-state index contributed by atoms with van der Waals surface area (Å²) in [4.78, 5) is 71.3. The molecule has 0 spiro atoms. The number of aromatic nitrogens is 4. The first kappa shape index (κ1) is 38.0. The molecule has 1 unspecified atom stereocenters. The highest BCUT2D eigenvalue weighted by atomic mass is 16.2. The van der Waals surface area contributed by atoms with Crippen LogP contribution in [0.2, 0.25) is 0 Å². The number of fused-ring (bicyclic) bond motifs is 1. The number of hydrogen-bond acceptors (Lipinski definition) is 10. The van der Waals surface area contributed by atoms with Crippen molar-refractivity contribution in [3.05, 3.63) is 77.8 Å². The standard InChI is InChI=1S/C40H47N9O5/c41-39(53)35(5-4-20-50)47-40(54)33-9-8-31(21-29(33)26-51)43-15-3-1-2-6-38(52)48-18-13-32(14-19-48)49-25-30(23-45-49)37-24-44-34-10-7-28(22-36(34)46-37)27-11-16-42-17-12-27/h7-11,20-26,32,35,42-43H,1-6,12-19H2,(H2,41,53)(H,47,54). The molecular weight excluding hydrogens is 686 g/mol. The fraction of sp³-hybridized carbons (Fsp3) is 0.400. The number of nitrogens with two attached hydrogens (primary N) is 1. The lowest BCUT2D eigenvalue weighted by atomic mass is 10.00. The number of nitrogens with one attached hydrogen (secondary N) is 3. The Morgan fingerprint density at radius 1 is 1.00 bits per heavy atom. The second kappa shape index (κ2) is 18.3. The third-order valence-electron chi connectivity index (χ3n) is 10.1. The van der Waals surface area contributed by atoms with Crippen LogP contribution in [-0.4, -0.2) is 93.7 Å². The number of carbonyl (C=O) groups is 5. The first-order chi connectivity index (χ1) is 26.3. The summed E-state index contributed by atoms with van der Waals surface area (Å²) in [5.41, 5.74) is 12.3. The van der Waals surface area contributed by atoms with Crippen molar-refractivity contribution >= 4 is 52.6 Å². The second-order valence-corrected chi connectivity index (χ2v) is 13.8. The number of amides is 3. The van der Waals surface area contributed by atoms with Crippen LogP contribution in [0.15, 0.2) is 61.1 Å². The van der Waals surface area contributed by atoms with E-state index in [2.05, 4.69) is 44.2 Å². The van der Waals surface area contributed by atoms with Crippen molar-refractivity contribution in [1.82, 2.24) is 35.3 Å². The predicted octanol–water partition coefficient (Wildman–Crippen LogP) is 4.08. The number of likely N-dealkylation sites (tertiary alicyclic amines) is 1. The highest BCUT2D eigenvalue weighted by molar-refractivity contribution is 6.03. The summed E-state index contributed by atoms with van der Waals surface area (Å²) < 4.78 is 2.00. The van der Waals surface area contributed by atoms with Gasteiger partial charge in [-0.25, -0.2) is 4.98 Å². The van der Waals surface area contributed by atoms with Gasteiger partial charge in [-0.15, -0.1) is 0 Å². The van der Waals surface area contributed by atoms with Crippen LogP contribution < -0.4 is 21.7 Å². The summed E-state index contributed by atoms with van der Waals surface area (Å²) in [5.74, 6) is -1.20. The molecule has 0 saturated carbocycles. The molecule has 0 radical (unpaired) electrons. The molecule has 2 aromatic heterocycles. The van der Waals surface area contributed by atoms with Crippen molar-refractivity contribution in [2.75, 3.05) is 38.0 Å². The molecule has 1 fully saturated rings. The number of benzene rings is 2. The number of hydrogen-bond donors (Lipinski definition) is 4. The van der Waals surface area contributed by atoms with E-state index in [-0.39, 0.29) is 35.9 Å². The molecule has 4 heterocycles. The third-order valence-corrected chi connectivity index (χ3v) is 10.1. The molecule has 14 heteroatoms. The Morgan fingerprint density at radius 3 is 2.61 bits per heavy atom. The van der Waals surface area contributed by atoms with Crippen molar-refractivity contribution in [3.8, 4) is 11.3 Å². The lowest BCUT2D eigenvalue weighted by Gasteiger charge is -2.32. The number of nitrogens with zero attached hydrogens (tertiary/aromatic N) is 5. The Kier molecular flexibility index (Phi) is 12.9. The molecule has 282 valence electrons. The van der Waals surface area contributed by atoms with Gasteiger partial charge in [0, 0.05) is 67.6 Å². The number of aldehydes is 2. The van der Waals surface area contributed by atoms with E-state index >= 15 is 0 Å². The van der Waals surface area contributed by atoms with Crippen LogP contribution in [0, 0.1) is 0 Å². The van der Waals surface area contributed by atoms with Crippen molar-refractivity contribution in [2.45, 2.75) is 69.9 Å². The van der Waals surface area contributed by atoms with E-state index in [1.165, 1.54) is 17.2 Å². The van der Waals surface area contributed by atoms with E-state index in [4.69, 9.17) is 10.7 Å². The average Bonchev–Trinajstić information content (AvgIpc) is 3.71. The van der Waals surface area contributed by atoms with Crippen LogP contribution in [0.4, 0.5) is 5.69 Å². The van der Waals surface area contributed by atoms with Crippen molar-refractivity contribution in [2.24, 2.45) is 5.73 Å². The van der Waals surface area contributed by atoms with Crippen molar-refractivity contribution in [1.29, 1.82) is 0 Å². The number of unbranched alkanes of at least 4 members (excludes halogenated alkanes) is 2. The Hall–Kier alpha value is -5.76. The van der Waals surface area contributed by atoms with E-state index in [1.807, 2.05) is 28.0 Å². The van der Waals surface area contributed by atoms with Crippen LogP contribution in [0.5, 0.6) is 0 Å². The van der Waals surface area contributed by atoms with Gasteiger partial charge in [-0.2, -0.15) is 5.10 Å². The van der Waals surface area contributed by atoms with Gasteiger partial charge in [0.15, 0.2) is 6.29 Å². The Labute approximate surface area is 314 Å². The molecule has 4 aromatic rings. The van der Waals surface area contributed by atoms with Gasteiger partial charge in [0.05, 0.1) is 35.2 Å². The first-order valence-electron chi connectivity index (χ1n) is 18.7. The molecule has 14 nitrogen and oxygen atoms in total. The summed E-state index contributed by atoms with van der Waals surface area (Å²) in [7, 11) is 0. The van der Waals surface area contributed by atoms with E-state index in [0.717, 1.165) is 73.9 Å². The Balaban J connectivity index is 0.911. The van der Waals surface area contributed by atoms with Crippen LogP contribution in [0.1, 0.15) is 90.1 Å². The van der Waals surface area contributed by atoms with Crippen molar-refractivity contribution in [3.63, 3.8) is 0 Å². The highest BCUT2D eigenvalue weighted by Crippen LogP contribution is 2.28. The number of carbonyl (C=O) groups excluding carboxylic acids is 5. The number of anilines is 1. The van der Waals surface area contributed by atoms with Gasteiger partial charge in [0.1, 0.15) is 12.3 Å². The summed E-state index contributed by atoms with van der Waals surface area (Å²) in [6.07, 6.45) is 14.9. The molecule has 2 aliphatic rings. The second-order valence-electron chi connectivity index (χ2n) is 13.8. The molecule has 2 aromatic carbocycles. The van der Waals surface area contributed by atoms with Gasteiger partial charge >= 0.3 is 0 Å². The zero-order valence-corrected chi connectivity index (χ0v) is 30.3. The largest absolute Gasteiger partial charge is 0.385 e. The van der Waals surface area contributed by atoms with Gasteiger partial charge in [-0.1, -0.05) is 18.6 Å². The van der Waals surface area contributed by atoms with Crippen LogP contribution in [0.25, 0.3) is 27.9 Å². The molecular formula is C40H47N9O5. The van der Waals surface area contributed by atoms with Crippen LogP contribution in [0.3, 0.4) is 0 Å². The molecule has 6 rings (SSSR count). The molecule has 0 bridgehead atoms. The van der Waals surface area contributed by atoms with E-state index < -0.39 is 17.9 Å². The number of primary amides is 1. The zero-order valence-electron chi connectivity index (χ0n) is 30.3. The SMILES string of the molecule is NC(=O)C(CCC=O)NC(=O)c1ccc(NCCCCCC(=O)N2CCC(n3cc(-c4cnc5ccc(C6=CCNCC6)cc5n4)cn3)CC2)cc1C=O. The van der Waals surface area contributed by atoms with Crippen LogP contribution in [-0.2, 0) is 14.4 Å². The van der Waals surface area contributed by atoms with E-state index in [9.17, 15) is 24.0 Å². The molecule has 0 aliphatic carbocycles. The lowest BCUT2D eigenvalue weighted by molar-refractivity contribution is -0.132. The fourth-order valence-electron chi connectivity index (χ4n) is 6.99. The zero-order chi connectivity index (χ0) is 37.9.